The molecule has 1 aromatic heterocycles. The van der Waals surface area contributed by atoms with Crippen LogP contribution in [0.25, 0.3) is 22.5 Å². The monoisotopic (exact) mass is 471 g/mol. The summed E-state index contributed by atoms with van der Waals surface area (Å²) in [5.74, 6) is 0. The molecule has 23 heavy (non-hydrogen) atoms. The zero-order valence-corrected chi connectivity index (χ0v) is 16.2. The van der Waals surface area contributed by atoms with Crippen molar-refractivity contribution in [2.45, 2.75) is 0 Å². The average molecular weight is 474 g/mol. The number of rotatable bonds is 2. The van der Waals surface area contributed by atoms with Gasteiger partial charge in [0, 0.05) is 8.95 Å². The van der Waals surface area contributed by atoms with E-state index in [1.54, 1.807) is 0 Å². The Labute approximate surface area is 159 Å². The van der Waals surface area contributed by atoms with E-state index in [0.717, 1.165) is 20.1 Å². The second-order valence-corrected chi connectivity index (χ2v) is 7.43. The number of hydrogen-bond donors (Lipinski definition) is 1. The van der Waals surface area contributed by atoms with Gasteiger partial charge in [0.25, 0.3) is 0 Å². The van der Waals surface area contributed by atoms with Gasteiger partial charge in [0.2, 0.25) is 5.43 Å². The molecule has 116 valence electrons. The Morgan fingerprint density at radius 1 is 0.696 bits per heavy atom. The third kappa shape index (κ3) is 3.41. The molecule has 1 N–H and O–H groups in total. The normalized spacial score (nSPS) is 10.8. The van der Waals surface area contributed by atoms with Crippen molar-refractivity contribution in [3.8, 4) is 22.5 Å². The van der Waals surface area contributed by atoms with E-state index in [1.165, 1.54) is 0 Å². The summed E-state index contributed by atoms with van der Waals surface area (Å²) in [7, 11) is 0. The molecule has 0 aliphatic rings. The number of pyridine rings is 1. The van der Waals surface area contributed by atoms with Gasteiger partial charge in [-0.2, -0.15) is 0 Å². The third-order valence-corrected chi connectivity index (χ3v) is 5.13. The third-order valence-electron chi connectivity index (χ3n) is 3.35. The molecular weight excluding hydrogens is 465 g/mol. The first-order valence-corrected chi connectivity index (χ1v) is 8.94. The molecular formula is C17H9Br2Cl2NO. The van der Waals surface area contributed by atoms with Gasteiger partial charge in [0.1, 0.15) is 10.0 Å². The van der Waals surface area contributed by atoms with Gasteiger partial charge in [-0.15, -0.1) is 0 Å². The SMILES string of the molecule is O=c1c(Cl)c(-c2ccc(Br)cc2)[nH]c(-c2ccc(Br)cc2)c1Cl. The molecule has 3 rings (SSSR count). The molecule has 0 amide bonds. The van der Waals surface area contributed by atoms with Crippen molar-refractivity contribution in [3.05, 3.63) is 77.7 Å². The molecule has 0 saturated carbocycles. The Morgan fingerprint density at radius 2 is 1.04 bits per heavy atom. The molecule has 3 aromatic rings. The summed E-state index contributed by atoms with van der Waals surface area (Å²) in [6, 6.07) is 15.0. The van der Waals surface area contributed by atoms with Crippen molar-refractivity contribution in [2.24, 2.45) is 0 Å². The maximum Gasteiger partial charge on any atom is 0.219 e. The molecule has 0 unspecified atom stereocenters. The molecule has 6 heteroatoms. The van der Waals surface area contributed by atoms with Gasteiger partial charge in [-0.05, 0) is 35.4 Å². The van der Waals surface area contributed by atoms with Gasteiger partial charge in [-0.1, -0.05) is 79.3 Å². The Bertz CT molecular complexity index is 846. The highest BCUT2D eigenvalue weighted by molar-refractivity contribution is 9.10. The molecule has 0 aliphatic heterocycles. The van der Waals surface area contributed by atoms with Gasteiger partial charge in [-0.3, -0.25) is 4.79 Å². The minimum Gasteiger partial charge on any atom is -0.352 e. The lowest BCUT2D eigenvalue weighted by atomic mass is 10.1. The fourth-order valence-corrected chi connectivity index (χ4v) is 3.27. The van der Waals surface area contributed by atoms with Crippen LogP contribution in [0, 0.1) is 0 Å². The maximum absolute atomic E-state index is 12.4. The second kappa shape index (κ2) is 6.81. The van der Waals surface area contributed by atoms with Crippen molar-refractivity contribution in [1.82, 2.24) is 4.98 Å². The molecule has 0 bridgehead atoms. The van der Waals surface area contributed by atoms with Gasteiger partial charge < -0.3 is 4.98 Å². The summed E-state index contributed by atoms with van der Waals surface area (Å²) in [5.41, 5.74) is 2.33. The van der Waals surface area contributed by atoms with Crippen molar-refractivity contribution in [2.75, 3.05) is 0 Å². The van der Waals surface area contributed by atoms with Crippen LogP contribution in [0.4, 0.5) is 0 Å². The summed E-state index contributed by atoms with van der Waals surface area (Å²) >= 11 is 19.2. The Morgan fingerprint density at radius 3 is 1.39 bits per heavy atom. The lowest BCUT2D eigenvalue weighted by Gasteiger charge is -2.11. The average Bonchev–Trinajstić information content (AvgIpc) is 2.55. The van der Waals surface area contributed by atoms with Crippen molar-refractivity contribution >= 4 is 55.1 Å². The molecule has 0 fully saturated rings. The fraction of sp³-hybridized carbons (Fsp3) is 0. The van der Waals surface area contributed by atoms with Crippen molar-refractivity contribution in [1.29, 1.82) is 0 Å². The standard InChI is InChI=1S/C17H9Br2Cl2NO/c18-11-5-1-9(2-6-11)15-13(20)17(23)14(21)16(22-15)10-3-7-12(19)8-4-10/h1-8H,(H,22,23). The zero-order chi connectivity index (χ0) is 16.6. The number of hydrogen-bond acceptors (Lipinski definition) is 1. The van der Waals surface area contributed by atoms with Crippen LogP contribution >= 0.6 is 55.1 Å². The minimum absolute atomic E-state index is 0.0817. The van der Waals surface area contributed by atoms with Crippen LogP contribution in [0.2, 0.25) is 10.0 Å². The van der Waals surface area contributed by atoms with E-state index < -0.39 is 0 Å². The van der Waals surface area contributed by atoms with E-state index in [-0.39, 0.29) is 15.5 Å². The van der Waals surface area contributed by atoms with E-state index in [1.807, 2.05) is 48.5 Å². The zero-order valence-electron chi connectivity index (χ0n) is 11.5. The predicted octanol–water partition coefficient (Wildman–Crippen LogP) is 6.54. The van der Waals surface area contributed by atoms with Gasteiger partial charge in [0.05, 0.1) is 11.4 Å². The highest BCUT2D eigenvalue weighted by Crippen LogP contribution is 2.32. The van der Waals surface area contributed by atoms with E-state index >= 15 is 0 Å². The first-order chi connectivity index (χ1) is 11.0. The lowest BCUT2D eigenvalue weighted by molar-refractivity contribution is 1.30. The molecule has 1 heterocycles. The highest BCUT2D eigenvalue weighted by atomic mass is 79.9. The quantitative estimate of drug-likeness (QED) is 0.450. The first kappa shape index (κ1) is 16.8. The van der Waals surface area contributed by atoms with E-state index in [9.17, 15) is 4.79 Å². The predicted molar refractivity (Wildman–Crippen MR) is 103 cm³/mol. The van der Waals surface area contributed by atoms with E-state index in [2.05, 4.69) is 36.8 Å². The van der Waals surface area contributed by atoms with Crippen LogP contribution in [0.1, 0.15) is 0 Å². The molecule has 0 radical (unpaired) electrons. The molecule has 0 aliphatic carbocycles. The molecule has 0 spiro atoms. The largest absolute Gasteiger partial charge is 0.352 e. The van der Waals surface area contributed by atoms with Crippen molar-refractivity contribution in [3.63, 3.8) is 0 Å². The number of nitrogens with one attached hydrogen (secondary N) is 1. The van der Waals surface area contributed by atoms with E-state index in [4.69, 9.17) is 23.2 Å². The molecule has 2 nitrogen and oxygen atoms in total. The molecule has 0 saturated heterocycles. The number of halogens is 4. The van der Waals surface area contributed by atoms with E-state index in [0.29, 0.717) is 11.4 Å². The summed E-state index contributed by atoms with van der Waals surface area (Å²) in [5, 5.41) is 0.163. The van der Waals surface area contributed by atoms with Crippen LogP contribution in [0.15, 0.2) is 62.3 Å². The highest BCUT2D eigenvalue weighted by Gasteiger charge is 2.16. The summed E-state index contributed by atoms with van der Waals surface area (Å²) < 4.78 is 1.89. The molecule has 2 aromatic carbocycles. The Kier molecular flexibility index (Phi) is 4.97. The number of aromatic nitrogens is 1. The van der Waals surface area contributed by atoms with Crippen LogP contribution in [-0.2, 0) is 0 Å². The van der Waals surface area contributed by atoms with Crippen LogP contribution in [0.5, 0.6) is 0 Å². The minimum atomic E-state index is -0.386. The number of aromatic amines is 1. The number of benzene rings is 2. The first-order valence-electron chi connectivity index (χ1n) is 6.60. The Hall–Kier alpha value is -1.07. The van der Waals surface area contributed by atoms with Crippen molar-refractivity contribution < 1.29 is 0 Å². The van der Waals surface area contributed by atoms with Gasteiger partial charge in [-0.25, -0.2) is 0 Å². The lowest BCUT2D eigenvalue weighted by Crippen LogP contribution is -2.08. The topological polar surface area (TPSA) is 32.9 Å². The second-order valence-electron chi connectivity index (χ2n) is 4.85. The maximum atomic E-state index is 12.4. The Balaban J connectivity index is 2.24. The molecule has 0 atom stereocenters. The fourth-order valence-electron chi connectivity index (χ4n) is 2.19. The van der Waals surface area contributed by atoms with Crippen LogP contribution < -0.4 is 5.43 Å². The number of H-pyrrole nitrogens is 1. The van der Waals surface area contributed by atoms with Gasteiger partial charge >= 0.3 is 0 Å². The summed E-state index contributed by atoms with van der Waals surface area (Å²) in [6.07, 6.45) is 0. The van der Waals surface area contributed by atoms with Crippen LogP contribution in [0.3, 0.4) is 0 Å². The summed E-state index contributed by atoms with van der Waals surface area (Å²) in [4.78, 5) is 15.6. The van der Waals surface area contributed by atoms with Crippen LogP contribution in [-0.4, -0.2) is 4.98 Å². The summed E-state index contributed by atoms with van der Waals surface area (Å²) in [6.45, 7) is 0. The smallest absolute Gasteiger partial charge is 0.219 e. The van der Waals surface area contributed by atoms with Gasteiger partial charge in [0.15, 0.2) is 0 Å².